The van der Waals surface area contributed by atoms with Gasteiger partial charge in [-0.15, -0.1) is 0 Å². The van der Waals surface area contributed by atoms with Crippen LogP contribution < -0.4 is 10.1 Å². The molecule has 0 aromatic heterocycles. The molecule has 0 heterocycles. The van der Waals surface area contributed by atoms with E-state index >= 15 is 0 Å². The second kappa shape index (κ2) is 8.98. The minimum Gasteiger partial charge on any atom is -0.496 e. The summed E-state index contributed by atoms with van der Waals surface area (Å²) >= 11 is 0. The van der Waals surface area contributed by atoms with Crippen molar-refractivity contribution in [2.24, 2.45) is 0 Å². The molecule has 132 valence electrons. The van der Waals surface area contributed by atoms with Crippen molar-refractivity contribution in [2.45, 2.75) is 11.4 Å². The lowest BCUT2D eigenvalue weighted by Crippen LogP contribution is -2.28. The Morgan fingerprint density at radius 3 is 2.48 bits per heavy atom. The number of benzene rings is 2. The molecule has 0 bridgehead atoms. The molecule has 0 unspecified atom stereocenters. The molecule has 0 saturated heterocycles. The Labute approximate surface area is 148 Å². The molecule has 1 atom stereocenters. The number of hydrogen-bond acceptors (Lipinski definition) is 5. The average Bonchev–Trinajstić information content (AvgIpc) is 2.64. The van der Waals surface area contributed by atoms with Gasteiger partial charge in [0.1, 0.15) is 5.75 Å². The number of ether oxygens (including phenoxy) is 2. The van der Waals surface area contributed by atoms with Gasteiger partial charge in [-0.25, -0.2) is 4.79 Å². The fraction of sp³-hybridized carbons (Fsp3) is 0.222. The normalized spacial score (nSPS) is 11.4. The largest absolute Gasteiger partial charge is 0.496 e. The Kier molecular flexibility index (Phi) is 6.71. The summed E-state index contributed by atoms with van der Waals surface area (Å²) in [6, 6.07) is 13.7. The van der Waals surface area contributed by atoms with Crippen LogP contribution in [0.4, 0.5) is 0 Å². The molecule has 0 saturated carbocycles. The van der Waals surface area contributed by atoms with Gasteiger partial charge in [-0.05, 0) is 18.2 Å². The van der Waals surface area contributed by atoms with E-state index in [1.54, 1.807) is 31.4 Å². The minimum absolute atomic E-state index is 0.195. The van der Waals surface area contributed by atoms with Crippen molar-refractivity contribution in [3.63, 3.8) is 0 Å². The van der Waals surface area contributed by atoms with Crippen molar-refractivity contribution >= 4 is 22.7 Å². The van der Waals surface area contributed by atoms with E-state index in [2.05, 4.69) is 5.32 Å². The van der Waals surface area contributed by atoms with E-state index in [-0.39, 0.29) is 12.1 Å². The third-order valence-corrected chi connectivity index (χ3v) is 4.39. The number of hydrogen-bond donors (Lipinski definition) is 1. The second-order valence-corrected chi connectivity index (χ2v) is 6.46. The first-order chi connectivity index (χ1) is 12.0. The van der Waals surface area contributed by atoms with Gasteiger partial charge >= 0.3 is 5.97 Å². The Bertz CT molecular complexity index is 791. The van der Waals surface area contributed by atoms with Crippen molar-refractivity contribution in [1.29, 1.82) is 0 Å². The van der Waals surface area contributed by atoms with Gasteiger partial charge in [0.25, 0.3) is 5.91 Å². The van der Waals surface area contributed by atoms with Crippen molar-refractivity contribution in [2.75, 3.05) is 20.0 Å². The summed E-state index contributed by atoms with van der Waals surface area (Å²) in [7, 11) is 0.230. The lowest BCUT2D eigenvalue weighted by molar-refractivity contribution is -0.124. The van der Waals surface area contributed by atoms with Gasteiger partial charge < -0.3 is 14.8 Å². The van der Waals surface area contributed by atoms with Crippen LogP contribution in [0.25, 0.3) is 0 Å². The highest BCUT2D eigenvalue weighted by Crippen LogP contribution is 2.16. The lowest BCUT2D eigenvalue weighted by atomic mass is 10.2. The van der Waals surface area contributed by atoms with E-state index in [9.17, 15) is 13.8 Å². The zero-order valence-electron chi connectivity index (χ0n) is 14.0. The number of nitrogens with one attached hydrogen (secondary N) is 1. The van der Waals surface area contributed by atoms with E-state index in [0.29, 0.717) is 10.6 Å². The zero-order chi connectivity index (χ0) is 18.2. The molecule has 1 N–H and O–H groups in total. The Balaban J connectivity index is 1.90. The first-order valence-electron chi connectivity index (χ1n) is 7.51. The maximum Gasteiger partial charge on any atom is 0.339 e. The van der Waals surface area contributed by atoms with Crippen LogP contribution in [0.5, 0.6) is 5.75 Å². The molecule has 0 aliphatic carbocycles. The monoisotopic (exact) mass is 361 g/mol. The van der Waals surface area contributed by atoms with Gasteiger partial charge in [0.15, 0.2) is 6.61 Å². The standard InChI is InChI=1S/C18H19NO5S/c1-23-15-9-5-3-7-13(15)11-19-17(20)12-24-18(21)14-8-4-6-10-16(14)25(2)22/h3-10H,11-12H2,1-2H3,(H,19,20)/t25-/m1/s1. The highest BCUT2D eigenvalue weighted by Gasteiger charge is 2.16. The molecule has 6 nitrogen and oxygen atoms in total. The molecule has 2 rings (SSSR count). The van der Waals surface area contributed by atoms with Crippen molar-refractivity contribution < 1.29 is 23.3 Å². The number of para-hydroxylation sites is 1. The molecule has 0 spiro atoms. The van der Waals surface area contributed by atoms with Crippen LogP contribution in [0.15, 0.2) is 53.4 Å². The van der Waals surface area contributed by atoms with Gasteiger partial charge in [0, 0.05) is 18.4 Å². The first kappa shape index (κ1) is 18.7. The molecular formula is C18H19NO5S. The molecule has 2 aromatic carbocycles. The maximum atomic E-state index is 12.1. The molecule has 2 aromatic rings. The van der Waals surface area contributed by atoms with Gasteiger partial charge in [0.05, 0.1) is 28.4 Å². The Morgan fingerprint density at radius 1 is 1.08 bits per heavy atom. The average molecular weight is 361 g/mol. The molecular weight excluding hydrogens is 342 g/mol. The number of carbonyl (C=O) groups is 2. The molecule has 7 heteroatoms. The van der Waals surface area contributed by atoms with Crippen molar-refractivity contribution in [3.05, 3.63) is 59.7 Å². The SMILES string of the molecule is COc1ccccc1CNC(=O)COC(=O)c1ccccc1[S@@](C)=O. The third-order valence-electron chi connectivity index (χ3n) is 3.42. The van der Waals surface area contributed by atoms with E-state index in [1.807, 2.05) is 18.2 Å². The zero-order valence-corrected chi connectivity index (χ0v) is 14.8. The van der Waals surface area contributed by atoms with Gasteiger partial charge in [0.2, 0.25) is 0 Å². The van der Waals surface area contributed by atoms with Crippen LogP contribution in [0.2, 0.25) is 0 Å². The number of rotatable bonds is 7. The van der Waals surface area contributed by atoms with E-state index < -0.39 is 29.3 Å². The van der Waals surface area contributed by atoms with E-state index in [4.69, 9.17) is 9.47 Å². The van der Waals surface area contributed by atoms with Gasteiger partial charge in [-0.1, -0.05) is 30.3 Å². The quantitative estimate of drug-likeness (QED) is 0.762. The topological polar surface area (TPSA) is 81.7 Å². The summed E-state index contributed by atoms with van der Waals surface area (Å²) in [6.07, 6.45) is 1.48. The van der Waals surface area contributed by atoms with Crippen LogP contribution in [0.1, 0.15) is 15.9 Å². The number of methoxy groups -OCH3 is 1. The summed E-state index contributed by atoms with van der Waals surface area (Å²) in [4.78, 5) is 24.4. The predicted octanol–water partition coefficient (Wildman–Crippen LogP) is 1.91. The lowest BCUT2D eigenvalue weighted by Gasteiger charge is -2.10. The van der Waals surface area contributed by atoms with Crippen LogP contribution in [0.3, 0.4) is 0 Å². The summed E-state index contributed by atoms with van der Waals surface area (Å²) in [5.74, 6) is -0.452. The number of esters is 1. The third kappa shape index (κ3) is 5.15. The van der Waals surface area contributed by atoms with E-state index in [1.165, 1.54) is 12.3 Å². The van der Waals surface area contributed by atoms with Crippen LogP contribution in [-0.2, 0) is 26.9 Å². The van der Waals surface area contributed by atoms with Gasteiger partial charge in [-0.2, -0.15) is 0 Å². The summed E-state index contributed by atoms with van der Waals surface area (Å²) in [5.41, 5.74) is 1.01. The molecule has 0 radical (unpaired) electrons. The van der Waals surface area contributed by atoms with Gasteiger partial charge in [-0.3, -0.25) is 9.00 Å². The van der Waals surface area contributed by atoms with Crippen LogP contribution in [0, 0.1) is 0 Å². The minimum atomic E-state index is -1.32. The van der Waals surface area contributed by atoms with Crippen molar-refractivity contribution in [1.82, 2.24) is 5.32 Å². The fourth-order valence-electron chi connectivity index (χ4n) is 2.19. The number of amides is 1. The maximum absolute atomic E-state index is 12.1. The van der Waals surface area contributed by atoms with Crippen LogP contribution in [-0.4, -0.2) is 36.1 Å². The summed E-state index contributed by atoms with van der Waals surface area (Å²) in [5, 5.41) is 2.66. The van der Waals surface area contributed by atoms with E-state index in [0.717, 1.165) is 5.56 Å². The smallest absolute Gasteiger partial charge is 0.339 e. The Morgan fingerprint density at radius 2 is 1.76 bits per heavy atom. The number of carbonyl (C=O) groups excluding carboxylic acids is 2. The molecule has 0 aliphatic heterocycles. The highest BCUT2D eigenvalue weighted by molar-refractivity contribution is 7.84. The van der Waals surface area contributed by atoms with Crippen molar-refractivity contribution in [3.8, 4) is 5.75 Å². The first-order valence-corrected chi connectivity index (χ1v) is 9.07. The highest BCUT2D eigenvalue weighted by atomic mass is 32.2. The molecule has 0 aliphatic rings. The second-order valence-electron chi connectivity index (χ2n) is 5.11. The summed E-state index contributed by atoms with van der Waals surface area (Å²) < 4.78 is 21.9. The Hall–Kier alpha value is -2.67. The molecule has 1 amide bonds. The molecule has 0 fully saturated rings. The molecule has 25 heavy (non-hydrogen) atoms. The fourth-order valence-corrected chi connectivity index (χ4v) is 2.92. The summed E-state index contributed by atoms with van der Waals surface area (Å²) in [6.45, 7) is -0.158. The predicted molar refractivity (Wildman–Crippen MR) is 93.9 cm³/mol. The van der Waals surface area contributed by atoms with Crippen LogP contribution >= 0.6 is 0 Å².